The fourth-order valence-corrected chi connectivity index (χ4v) is 1.50. The lowest BCUT2D eigenvalue weighted by atomic mass is 10.1. The van der Waals surface area contributed by atoms with Crippen LogP contribution < -0.4 is 0 Å². The minimum Gasteiger partial charge on any atom is -0.465 e. The highest BCUT2D eigenvalue weighted by Crippen LogP contribution is 2.20. The molecule has 0 fully saturated rings. The van der Waals surface area contributed by atoms with Crippen LogP contribution in [0.25, 0.3) is 0 Å². The molecular weight excluding hydrogens is 236 g/mol. The Labute approximate surface area is 83.8 Å². The first-order chi connectivity index (χ1) is 6.20. The number of hydrogen-bond acceptors (Lipinski definition) is 3. The van der Waals surface area contributed by atoms with E-state index < -0.39 is 5.97 Å². The number of aldehydes is 1. The molecule has 0 radical (unpaired) electrons. The van der Waals surface area contributed by atoms with Crippen molar-refractivity contribution < 1.29 is 14.3 Å². The van der Waals surface area contributed by atoms with Crippen LogP contribution in [0.1, 0.15) is 20.7 Å². The van der Waals surface area contributed by atoms with Gasteiger partial charge in [0, 0.05) is 10.0 Å². The first-order valence-corrected chi connectivity index (χ1v) is 4.32. The summed E-state index contributed by atoms with van der Waals surface area (Å²) >= 11 is 3.17. The van der Waals surface area contributed by atoms with Gasteiger partial charge in [-0.25, -0.2) is 4.79 Å². The molecule has 0 saturated carbocycles. The molecular formula is C9H7BrO3. The van der Waals surface area contributed by atoms with Crippen molar-refractivity contribution in [1.82, 2.24) is 0 Å². The zero-order chi connectivity index (χ0) is 9.84. The maximum Gasteiger partial charge on any atom is 0.339 e. The molecule has 13 heavy (non-hydrogen) atoms. The van der Waals surface area contributed by atoms with Crippen molar-refractivity contribution in [3.05, 3.63) is 33.8 Å². The van der Waals surface area contributed by atoms with Gasteiger partial charge in [0.25, 0.3) is 0 Å². The Kier molecular flexibility index (Phi) is 3.19. The third-order valence-corrected chi connectivity index (χ3v) is 2.22. The van der Waals surface area contributed by atoms with Crippen LogP contribution in [0.5, 0.6) is 0 Å². The van der Waals surface area contributed by atoms with Crippen LogP contribution in [-0.2, 0) is 4.74 Å². The van der Waals surface area contributed by atoms with Crippen LogP contribution in [-0.4, -0.2) is 19.4 Å². The maximum absolute atomic E-state index is 11.2. The van der Waals surface area contributed by atoms with Gasteiger partial charge < -0.3 is 4.74 Å². The molecule has 0 aliphatic rings. The molecule has 1 aromatic rings. The lowest BCUT2D eigenvalue weighted by molar-refractivity contribution is 0.0597. The fraction of sp³-hybridized carbons (Fsp3) is 0.111. The van der Waals surface area contributed by atoms with Crippen molar-refractivity contribution in [3.8, 4) is 0 Å². The molecule has 0 heterocycles. The number of halogens is 1. The van der Waals surface area contributed by atoms with Gasteiger partial charge >= 0.3 is 5.97 Å². The van der Waals surface area contributed by atoms with E-state index in [9.17, 15) is 9.59 Å². The summed E-state index contributed by atoms with van der Waals surface area (Å²) in [5.74, 6) is -0.519. The van der Waals surface area contributed by atoms with Gasteiger partial charge in [0.05, 0.1) is 12.7 Å². The Morgan fingerprint density at radius 3 is 2.77 bits per heavy atom. The molecule has 0 aromatic heterocycles. The minimum absolute atomic E-state index is 0.264. The Morgan fingerprint density at radius 2 is 2.23 bits per heavy atom. The number of ether oxygens (including phenoxy) is 1. The van der Waals surface area contributed by atoms with Crippen LogP contribution >= 0.6 is 15.9 Å². The van der Waals surface area contributed by atoms with Crippen LogP contribution in [0.15, 0.2) is 22.7 Å². The number of rotatable bonds is 2. The Bertz CT molecular complexity index is 347. The number of hydrogen-bond donors (Lipinski definition) is 0. The van der Waals surface area contributed by atoms with Gasteiger partial charge in [0.1, 0.15) is 0 Å². The Hall–Kier alpha value is -1.16. The maximum atomic E-state index is 11.2. The van der Waals surface area contributed by atoms with E-state index in [1.165, 1.54) is 7.11 Å². The fourth-order valence-electron chi connectivity index (χ4n) is 0.956. The van der Waals surface area contributed by atoms with E-state index in [1.54, 1.807) is 18.2 Å². The van der Waals surface area contributed by atoms with E-state index in [-0.39, 0.29) is 5.56 Å². The molecule has 0 spiro atoms. The second kappa shape index (κ2) is 4.18. The number of carbonyl (C=O) groups is 2. The number of esters is 1. The van der Waals surface area contributed by atoms with E-state index in [4.69, 9.17) is 0 Å². The summed E-state index contributed by atoms with van der Waals surface area (Å²) in [5.41, 5.74) is 0.584. The molecule has 1 rings (SSSR count). The van der Waals surface area contributed by atoms with Gasteiger partial charge in [0.15, 0.2) is 6.29 Å². The summed E-state index contributed by atoms with van der Waals surface area (Å²) < 4.78 is 5.09. The second-order valence-electron chi connectivity index (χ2n) is 2.31. The van der Waals surface area contributed by atoms with Crippen molar-refractivity contribution >= 4 is 28.2 Å². The van der Waals surface area contributed by atoms with Crippen molar-refractivity contribution in [1.29, 1.82) is 0 Å². The normalized spacial score (nSPS) is 9.38. The van der Waals surface area contributed by atoms with Crippen molar-refractivity contribution in [2.24, 2.45) is 0 Å². The van der Waals surface area contributed by atoms with Crippen LogP contribution in [0.3, 0.4) is 0 Å². The molecule has 0 aliphatic carbocycles. The predicted octanol–water partition coefficient (Wildman–Crippen LogP) is 2.05. The van der Waals surface area contributed by atoms with Crippen LogP contribution in [0, 0.1) is 0 Å². The standard InChI is InChI=1S/C9H7BrO3/c1-13-9(12)8-6(5-11)3-2-4-7(8)10/h2-5H,1H3. The lowest BCUT2D eigenvalue weighted by Crippen LogP contribution is -2.06. The topological polar surface area (TPSA) is 43.4 Å². The summed E-state index contributed by atoms with van der Waals surface area (Å²) in [4.78, 5) is 21.8. The quantitative estimate of drug-likeness (QED) is 0.589. The number of carbonyl (C=O) groups excluding carboxylic acids is 2. The van der Waals surface area contributed by atoms with E-state index in [0.29, 0.717) is 16.3 Å². The zero-order valence-electron chi connectivity index (χ0n) is 6.91. The molecule has 0 bridgehead atoms. The summed E-state index contributed by atoms with van der Waals surface area (Å²) in [6.45, 7) is 0. The molecule has 0 amide bonds. The highest BCUT2D eigenvalue weighted by atomic mass is 79.9. The summed E-state index contributed by atoms with van der Waals surface area (Å²) in [6.07, 6.45) is 0.622. The first-order valence-electron chi connectivity index (χ1n) is 3.52. The largest absolute Gasteiger partial charge is 0.465 e. The molecule has 4 heteroatoms. The lowest BCUT2D eigenvalue weighted by Gasteiger charge is -2.03. The Balaban J connectivity index is 3.30. The highest BCUT2D eigenvalue weighted by molar-refractivity contribution is 9.10. The van der Waals surface area contributed by atoms with E-state index in [0.717, 1.165) is 0 Å². The second-order valence-corrected chi connectivity index (χ2v) is 3.17. The highest BCUT2D eigenvalue weighted by Gasteiger charge is 2.14. The average molecular weight is 243 g/mol. The van der Waals surface area contributed by atoms with Crippen LogP contribution in [0.2, 0.25) is 0 Å². The Morgan fingerprint density at radius 1 is 1.54 bits per heavy atom. The molecule has 3 nitrogen and oxygen atoms in total. The van der Waals surface area contributed by atoms with Gasteiger partial charge in [-0.1, -0.05) is 12.1 Å². The minimum atomic E-state index is -0.519. The molecule has 0 saturated heterocycles. The summed E-state index contributed by atoms with van der Waals surface area (Å²) in [5, 5.41) is 0. The van der Waals surface area contributed by atoms with Gasteiger partial charge in [-0.05, 0) is 22.0 Å². The molecule has 1 aromatic carbocycles. The summed E-state index contributed by atoms with van der Waals surface area (Å²) in [7, 11) is 1.27. The van der Waals surface area contributed by atoms with Gasteiger partial charge in [-0.3, -0.25) is 4.79 Å². The average Bonchev–Trinajstić information content (AvgIpc) is 2.16. The predicted molar refractivity (Wildman–Crippen MR) is 50.9 cm³/mol. The van der Waals surface area contributed by atoms with Crippen molar-refractivity contribution in [3.63, 3.8) is 0 Å². The molecule has 0 aliphatic heterocycles. The monoisotopic (exact) mass is 242 g/mol. The van der Waals surface area contributed by atoms with Gasteiger partial charge in [-0.15, -0.1) is 0 Å². The smallest absolute Gasteiger partial charge is 0.339 e. The zero-order valence-corrected chi connectivity index (χ0v) is 8.50. The van der Waals surface area contributed by atoms with E-state index in [2.05, 4.69) is 20.7 Å². The van der Waals surface area contributed by atoms with E-state index >= 15 is 0 Å². The summed E-state index contributed by atoms with van der Waals surface area (Å²) in [6, 6.07) is 4.92. The number of benzene rings is 1. The van der Waals surface area contributed by atoms with Gasteiger partial charge in [0.2, 0.25) is 0 Å². The van der Waals surface area contributed by atoms with Crippen molar-refractivity contribution in [2.45, 2.75) is 0 Å². The molecule has 68 valence electrons. The SMILES string of the molecule is COC(=O)c1c(Br)cccc1C=O. The third kappa shape index (κ3) is 1.95. The van der Waals surface area contributed by atoms with E-state index in [1.807, 2.05) is 0 Å². The molecule has 0 atom stereocenters. The first kappa shape index (κ1) is 9.92. The molecule has 0 unspecified atom stereocenters. The van der Waals surface area contributed by atoms with Crippen molar-refractivity contribution in [2.75, 3.05) is 7.11 Å². The molecule has 0 N–H and O–H groups in total. The van der Waals surface area contributed by atoms with Crippen LogP contribution in [0.4, 0.5) is 0 Å². The van der Waals surface area contributed by atoms with Gasteiger partial charge in [-0.2, -0.15) is 0 Å². The number of methoxy groups -OCH3 is 1. The third-order valence-electron chi connectivity index (χ3n) is 1.56.